The molecule has 3 rings (SSSR count). The van der Waals surface area contributed by atoms with Gasteiger partial charge in [-0.25, -0.2) is 4.79 Å². The molecule has 2 heterocycles. The minimum Gasteiger partial charge on any atom is -0.444 e. The molecule has 1 aromatic carbocycles. The normalized spacial score (nSPS) is 27.0. The van der Waals surface area contributed by atoms with E-state index in [-0.39, 0.29) is 12.2 Å². The van der Waals surface area contributed by atoms with Gasteiger partial charge in [0, 0.05) is 38.2 Å². The van der Waals surface area contributed by atoms with Crippen molar-refractivity contribution in [1.29, 1.82) is 0 Å². The maximum absolute atomic E-state index is 11.9. The van der Waals surface area contributed by atoms with Crippen LogP contribution in [-0.2, 0) is 16.0 Å². The SMILES string of the molecule is CC(C)(C)OC(=O)NCC1CN(Cc2ccccc2)C2CCOC12. The van der Waals surface area contributed by atoms with Crippen molar-refractivity contribution in [2.75, 3.05) is 19.7 Å². The Balaban J connectivity index is 1.56. The van der Waals surface area contributed by atoms with Gasteiger partial charge in [-0.3, -0.25) is 4.90 Å². The van der Waals surface area contributed by atoms with Gasteiger partial charge in [0.2, 0.25) is 0 Å². The van der Waals surface area contributed by atoms with Crippen molar-refractivity contribution in [3.05, 3.63) is 35.9 Å². The predicted octanol–water partition coefficient (Wildman–Crippen LogP) is 2.80. The van der Waals surface area contributed by atoms with Crippen LogP contribution in [0.3, 0.4) is 0 Å². The molecule has 0 aliphatic carbocycles. The Morgan fingerprint density at radius 1 is 1.33 bits per heavy atom. The largest absolute Gasteiger partial charge is 0.444 e. The molecule has 1 aromatic rings. The molecule has 0 bridgehead atoms. The molecule has 24 heavy (non-hydrogen) atoms. The summed E-state index contributed by atoms with van der Waals surface area (Å²) in [6.07, 6.45) is 0.933. The van der Waals surface area contributed by atoms with Crippen LogP contribution in [0.2, 0.25) is 0 Å². The van der Waals surface area contributed by atoms with Crippen LogP contribution in [0, 0.1) is 5.92 Å². The molecular formula is C19H28N2O3. The van der Waals surface area contributed by atoms with E-state index in [1.54, 1.807) is 0 Å². The van der Waals surface area contributed by atoms with Crippen LogP contribution < -0.4 is 5.32 Å². The molecule has 0 saturated carbocycles. The number of alkyl carbamates (subject to hydrolysis) is 1. The van der Waals surface area contributed by atoms with Gasteiger partial charge in [-0.1, -0.05) is 30.3 Å². The third-order valence-corrected chi connectivity index (χ3v) is 4.64. The number of nitrogens with one attached hydrogen (secondary N) is 1. The van der Waals surface area contributed by atoms with Crippen molar-refractivity contribution in [3.63, 3.8) is 0 Å². The third-order valence-electron chi connectivity index (χ3n) is 4.64. The Bertz CT molecular complexity index is 555. The Morgan fingerprint density at radius 3 is 2.79 bits per heavy atom. The van der Waals surface area contributed by atoms with Gasteiger partial charge in [-0.2, -0.15) is 0 Å². The Morgan fingerprint density at radius 2 is 2.08 bits per heavy atom. The molecule has 1 amide bonds. The summed E-state index contributed by atoms with van der Waals surface area (Å²) in [7, 11) is 0. The van der Waals surface area contributed by atoms with E-state index < -0.39 is 5.60 Å². The highest BCUT2D eigenvalue weighted by molar-refractivity contribution is 5.67. The van der Waals surface area contributed by atoms with Crippen LogP contribution in [0.1, 0.15) is 32.8 Å². The van der Waals surface area contributed by atoms with Crippen LogP contribution in [-0.4, -0.2) is 48.4 Å². The number of carbonyl (C=O) groups is 1. The van der Waals surface area contributed by atoms with E-state index in [4.69, 9.17) is 9.47 Å². The van der Waals surface area contributed by atoms with Crippen molar-refractivity contribution in [3.8, 4) is 0 Å². The highest BCUT2D eigenvalue weighted by Crippen LogP contribution is 2.34. The van der Waals surface area contributed by atoms with Crippen molar-refractivity contribution >= 4 is 6.09 Å². The smallest absolute Gasteiger partial charge is 0.407 e. The van der Waals surface area contributed by atoms with E-state index in [1.165, 1.54) is 5.56 Å². The molecule has 0 radical (unpaired) electrons. The van der Waals surface area contributed by atoms with Gasteiger partial charge in [0.15, 0.2) is 0 Å². The van der Waals surface area contributed by atoms with E-state index in [0.717, 1.165) is 26.1 Å². The molecule has 5 heteroatoms. The zero-order valence-electron chi connectivity index (χ0n) is 14.8. The molecule has 3 unspecified atom stereocenters. The summed E-state index contributed by atoms with van der Waals surface area (Å²) in [4.78, 5) is 14.4. The minimum atomic E-state index is -0.467. The molecule has 132 valence electrons. The van der Waals surface area contributed by atoms with Gasteiger partial charge in [0.25, 0.3) is 0 Å². The minimum absolute atomic E-state index is 0.212. The van der Waals surface area contributed by atoms with Crippen LogP contribution in [0.25, 0.3) is 0 Å². The van der Waals surface area contributed by atoms with E-state index >= 15 is 0 Å². The first kappa shape index (κ1) is 17.2. The summed E-state index contributed by atoms with van der Waals surface area (Å²) in [5.74, 6) is 0.314. The number of hydrogen-bond donors (Lipinski definition) is 1. The van der Waals surface area contributed by atoms with E-state index in [0.29, 0.717) is 18.5 Å². The number of nitrogens with zero attached hydrogens (tertiary/aromatic N) is 1. The van der Waals surface area contributed by atoms with E-state index in [2.05, 4.69) is 34.5 Å². The number of hydrogen-bond acceptors (Lipinski definition) is 4. The van der Waals surface area contributed by atoms with Gasteiger partial charge in [-0.15, -0.1) is 0 Å². The third kappa shape index (κ3) is 4.28. The monoisotopic (exact) mass is 332 g/mol. The lowest BCUT2D eigenvalue weighted by Gasteiger charge is -2.22. The Labute approximate surface area is 144 Å². The molecule has 5 nitrogen and oxygen atoms in total. The lowest BCUT2D eigenvalue weighted by atomic mass is 10.0. The molecule has 3 atom stereocenters. The quantitative estimate of drug-likeness (QED) is 0.921. The second kappa shape index (κ2) is 7.11. The van der Waals surface area contributed by atoms with Crippen molar-refractivity contribution in [2.24, 2.45) is 5.92 Å². The Kier molecular flexibility index (Phi) is 5.11. The molecule has 2 saturated heterocycles. The number of ether oxygens (including phenoxy) is 2. The van der Waals surface area contributed by atoms with Gasteiger partial charge in [-0.05, 0) is 32.8 Å². The molecule has 2 fully saturated rings. The first-order chi connectivity index (χ1) is 11.4. The zero-order chi connectivity index (χ0) is 17.2. The molecule has 2 aliphatic heterocycles. The number of likely N-dealkylation sites (tertiary alicyclic amines) is 1. The topological polar surface area (TPSA) is 50.8 Å². The van der Waals surface area contributed by atoms with Crippen LogP contribution in [0.5, 0.6) is 0 Å². The fourth-order valence-electron chi connectivity index (χ4n) is 3.69. The van der Waals surface area contributed by atoms with Crippen molar-refractivity contribution in [1.82, 2.24) is 10.2 Å². The number of fused-ring (bicyclic) bond motifs is 1. The molecule has 2 aliphatic rings. The molecule has 0 spiro atoms. The number of carbonyl (C=O) groups excluding carboxylic acids is 1. The molecular weight excluding hydrogens is 304 g/mol. The zero-order valence-corrected chi connectivity index (χ0v) is 14.8. The average molecular weight is 332 g/mol. The second-order valence-electron chi connectivity index (χ2n) is 7.75. The summed E-state index contributed by atoms with van der Waals surface area (Å²) in [6, 6.07) is 11.0. The summed E-state index contributed by atoms with van der Waals surface area (Å²) in [5, 5.41) is 2.91. The fraction of sp³-hybridized carbons (Fsp3) is 0.632. The Hall–Kier alpha value is -1.59. The summed E-state index contributed by atoms with van der Waals surface area (Å²) >= 11 is 0. The molecule has 0 aromatic heterocycles. The lowest BCUT2D eigenvalue weighted by Crippen LogP contribution is -2.38. The van der Waals surface area contributed by atoms with Crippen molar-refractivity contribution < 1.29 is 14.3 Å². The summed E-state index contributed by atoms with van der Waals surface area (Å²) in [6.45, 7) is 8.92. The highest BCUT2D eigenvalue weighted by Gasteiger charge is 2.45. The van der Waals surface area contributed by atoms with Crippen molar-refractivity contribution in [2.45, 2.75) is 51.5 Å². The van der Waals surface area contributed by atoms with E-state index in [1.807, 2.05) is 26.8 Å². The van der Waals surface area contributed by atoms with Crippen LogP contribution >= 0.6 is 0 Å². The standard InChI is InChI=1S/C19H28N2O3/c1-19(2,3)24-18(22)20-11-15-13-21(16-9-10-23-17(15)16)12-14-7-5-4-6-8-14/h4-8,15-17H,9-13H2,1-3H3,(H,20,22). The summed E-state index contributed by atoms with van der Waals surface area (Å²) in [5.41, 5.74) is 0.856. The van der Waals surface area contributed by atoms with Gasteiger partial charge < -0.3 is 14.8 Å². The second-order valence-corrected chi connectivity index (χ2v) is 7.75. The van der Waals surface area contributed by atoms with Gasteiger partial charge >= 0.3 is 6.09 Å². The maximum atomic E-state index is 11.9. The van der Waals surface area contributed by atoms with Crippen LogP contribution in [0.4, 0.5) is 4.79 Å². The maximum Gasteiger partial charge on any atom is 0.407 e. The highest BCUT2D eigenvalue weighted by atomic mass is 16.6. The predicted molar refractivity (Wildman–Crippen MR) is 92.7 cm³/mol. The van der Waals surface area contributed by atoms with Gasteiger partial charge in [0.05, 0.1) is 6.10 Å². The average Bonchev–Trinajstić information content (AvgIpc) is 3.09. The molecule has 1 N–H and O–H groups in total. The van der Waals surface area contributed by atoms with Gasteiger partial charge in [0.1, 0.15) is 5.60 Å². The van der Waals surface area contributed by atoms with E-state index in [9.17, 15) is 4.79 Å². The van der Waals surface area contributed by atoms with Crippen LogP contribution in [0.15, 0.2) is 30.3 Å². The summed E-state index contributed by atoms with van der Waals surface area (Å²) < 4.78 is 11.3. The first-order valence-corrected chi connectivity index (χ1v) is 8.79. The fourth-order valence-corrected chi connectivity index (χ4v) is 3.69. The number of amides is 1. The number of benzene rings is 1. The first-order valence-electron chi connectivity index (χ1n) is 8.79. The number of rotatable bonds is 4. The lowest BCUT2D eigenvalue weighted by molar-refractivity contribution is 0.0471.